The van der Waals surface area contributed by atoms with Gasteiger partial charge in [0.2, 0.25) is 17.4 Å². The summed E-state index contributed by atoms with van der Waals surface area (Å²) in [5.74, 6) is -9.65. The monoisotopic (exact) mass is 266 g/mol. The SMILES string of the molecule is CC(C)(O)CC(=O)Oc1c(F)c(F)cc(F)c1F. The quantitative estimate of drug-likeness (QED) is 0.395. The average Bonchev–Trinajstić information content (AvgIpc) is 2.19. The van der Waals surface area contributed by atoms with Crippen molar-refractivity contribution in [3.05, 3.63) is 29.3 Å². The molecule has 100 valence electrons. The molecule has 0 radical (unpaired) electrons. The first-order valence-electron chi connectivity index (χ1n) is 4.88. The van der Waals surface area contributed by atoms with E-state index in [9.17, 15) is 27.5 Å². The molecule has 7 heteroatoms. The summed E-state index contributed by atoms with van der Waals surface area (Å²) in [5.41, 5.74) is -1.48. The Labute approximate surface area is 100.0 Å². The second-order valence-corrected chi connectivity index (χ2v) is 4.26. The number of carbonyl (C=O) groups excluding carboxylic acids is 1. The fourth-order valence-electron chi connectivity index (χ4n) is 1.14. The highest BCUT2D eigenvalue weighted by Crippen LogP contribution is 2.27. The van der Waals surface area contributed by atoms with Crippen molar-refractivity contribution >= 4 is 5.97 Å². The number of hydrogen-bond donors (Lipinski definition) is 1. The molecular weight excluding hydrogens is 256 g/mol. The summed E-state index contributed by atoms with van der Waals surface area (Å²) in [6, 6.07) is -0.00200. The summed E-state index contributed by atoms with van der Waals surface area (Å²) in [6.45, 7) is 2.51. The van der Waals surface area contributed by atoms with Gasteiger partial charge in [0.25, 0.3) is 0 Å². The van der Waals surface area contributed by atoms with E-state index in [1.807, 2.05) is 0 Å². The van der Waals surface area contributed by atoms with Gasteiger partial charge in [0.1, 0.15) is 0 Å². The normalized spacial score (nSPS) is 11.5. The molecule has 1 rings (SSSR count). The molecule has 0 aliphatic carbocycles. The molecule has 0 saturated carbocycles. The predicted molar refractivity (Wildman–Crippen MR) is 52.8 cm³/mol. The Balaban J connectivity index is 3.01. The van der Waals surface area contributed by atoms with Gasteiger partial charge in [-0.15, -0.1) is 0 Å². The van der Waals surface area contributed by atoms with Crippen molar-refractivity contribution in [2.45, 2.75) is 25.9 Å². The molecular formula is C11H10F4O3. The maximum atomic E-state index is 13.1. The van der Waals surface area contributed by atoms with Crippen molar-refractivity contribution in [1.82, 2.24) is 0 Å². The van der Waals surface area contributed by atoms with Gasteiger partial charge in [0, 0.05) is 6.07 Å². The number of carbonyl (C=O) groups is 1. The molecule has 0 aliphatic rings. The fourth-order valence-corrected chi connectivity index (χ4v) is 1.14. The van der Waals surface area contributed by atoms with Crippen molar-refractivity contribution in [1.29, 1.82) is 0 Å². The predicted octanol–water partition coefficient (Wildman–Crippen LogP) is 2.31. The van der Waals surface area contributed by atoms with Crippen LogP contribution >= 0.6 is 0 Å². The molecule has 1 aromatic rings. The molecule has 1 aromatic carbocycles. The summed E-state index contributed by atoms with van der Waals surface area (Å²) in [4.78, 5) is 11.2. The smallest absolute Gasteiger partial charge is 0.314 e. The second-order valence-electron chi connectivity index (χ2n) is 4.26. The summed E-state index contributed by atoms with van der Waals surface area (Å²) in [6.07, 6.45) is -0.593. The van der Waals surface area contributed by atoms with E-state index in [0.717, 1.165) is 0 Å². The zero-order valence-corrected chi connectivity index (χ0v) is 9.56. The summed E-state index contributed by atoms with van der Waals surface area (Å²) in [7, 11) is 0. The van der Waals surface area contributed by atoms with E-state index < -0.39 is 47.0 Å². The molecule has 18 heavy (non-hydrogen) atoms. The standard InChI is InChI=1S/C11H10F4O3/c1-11(2,17)4-7(16)18-10-8(14)5(12)3-6(13)9(10)15/h3,17H,4H2,1-2H3. The number of halogens is 4. The molecule has 0 amide bonds. The molecule has 0 heterocycles. The van der Waals surface area contributed by atoms with Gasteiger partial charge in [-0.05, 0) is 13.8 Å². The van der Waals surface area contributed by atoms with E-state index in [0.29, 0.717) is 0 Å². The Hall–Kier alpha value is -1.63. The number of rotatable bonds is 3. The molecule has 0 atom stereocenters. The zero-order chi connectivity index (χ0) is 14.1. The third-order valence-corrected chi connectivity index (χ3v) is 1.86. The van der Waals surface area contributed by atoms with Crippen molar-refractivity contribution in [3.63, 3.8) is 0 Å². The molecule has 3 nitrogen and oxygen atoms in total. The zero-order valence-electron chi connectivity index (χ0n) is 9.56. The van der Waals surface area contributed by atoms with E-state index in [1.54, 1.807) is 0 Å². The van der Waals surface area contributed by atoms with Crippen LogP contribution in [-0.4, -0.2) is 16.7 Å². The van der Waals surface area contributed by atoms with E-state index in [2.05, 4.69) is 4.74 Å². The first-order chi connectivity index (χ1) is 8.11. The van der Waals surface area contributed by atoms with Gasteiger partial charge in [-0.25, -0.2) is 8.78 Å². The lowest BCUT2D eigenvalue weighted by atomic mass is 10.1. The third kappa shape index (κ3) is 3.43. The molecule has 0 bridgehead atoms. The number of benzene rings is 1. The van der Waals surface area contributed by atoms with Crippen LogP contribution in [0.15, 0.2) is 6.07 Å². The van der Waals surface area contributed by atoms with Crippen LogP contribution in [0.5, 0.6) is 5.75 Å². The lowest BCUT2D eigenvalue weighted by molar-refractivity contribution is -0.139. The second kappa shape index (κ2) is 4.93. The minimum atomic E-state index is -1.81. The molecule has 0 aliphatic heterocycles. The van der Waals surface area contributed by atoms with E-state index >= 15 is 0 Å². The van der Waals surface area contributed by atoms with Gasteiger partial charge >= 0.3 is 5.97 Å². The minimum Gasteiger partial charge on any atom is -0.420 e. The molecule has 0 fully saturated rings. The lowest BCUT2D eigenvalue weighted by Crippen LogP contribution is -2.26. The number of ether oxygens (including phenoxy) is 1. The van der Waals surface area contributed by atoms with Gasteiger partial charge in [0.05, 0.1) is 12.0 Å². The van der Waals surface area contributed by atoms with Gasteiger partial charge in [-0.2, -0.15) is 8.78 Å². The van der Waals surface area contributed by atoms with Crippen LogP contribution in [0.4, 0.5) is 17.6 Å². The van der Waals surface area contributed by atoms with E-state index in [4.69, 9.17) is 0 Å². The number of hydrogen-bond acceptors (Lipinski definition) is 3. The molecule has 0 saturated heterocycles. The molecule has 0 unspecified atom stereocenters. The van der Waals surface area contributed by atoms with Crippen LogP contribution in [0.1, 0.15) is 20.3 Å². The Bertz CT molecular complexity index is 454. The maximum absolute atomic E-state index is 13.1. The number of aliphatic hydroxyl groups is 1. The average molecular weight is 266 g/mol. The lowest BCUT2D eigenvalue weighted by Gasteiger charge is -2.16. The van der Waals surface area contributed by atoms with Crippen molar-refractivity contribution in [2.24, 2.45) is 0 Å². The highest BCUT2D eigenvalue weighted by molar-refractivity contribution is 5.73. The highest BCUT2D eigenvalue weighted by Gasteiger charge is 2.25. The summed E-state index contributed by atoms with van der Waals surface area (Å²) >= 11 is 0. The summed E-state index contributed by atoms with van der Waals surface area (Å²) < 4.78 is 56.0. The van der Waals surface area contributed by atoms with Gasteiger partial charge in [0.15, 0.2) is 11.6 Å². The number of esters is 1. The first kappa shape index (κ1) is 14.4. The minimum absolute atomic E-state index is 0.00200. The maximum Gasteiger partial charge on any atom is 0.314 e. The van der Waals surface area contributed by atoms with Gasteiger partial charge in [-0.3, -0.25) is 4.79 Å². The highest BCUT2D eigenvalue weighted by atomic mass is 19.2. The van der Waals surface area contributed by atoms with Crippen molar-refractivity contribution < 1.29 is 32.2 Å². The fraction of sp³-hybridized carbons (Fsp3) is 0.364. The van der Waals surface area contributed by atoms with Crippen LogP contribution in [0.25, 0.3) is 0 Å². The third-order valence-electron chi connectivity index (χ3n) is 1.86. The van der Waals surface area contributed by atoms with Crippen LogP contribution in [0.2, 0.25) is 0 Å². The molecule has 1 N–H and O–H groups in total. The summed E-state index contributed by atoms with van der Waals surface area (Å²) in [5, 5.41) is 9.28. The van der Waals surface area contributed by atoms with Crippen LogP contribution < -0.4 is 4.74 Å². The van der Waals surface area contributed by atoms with Crippen LogP contribution in [-0.2, 0) is 4.79 Å². The van der Waals surface area contributed by atoms with Crippen LogP contribution in [0, 0.1) is 23.3 Å². The van der Waals surface area contributed by atoms with E-state index in [1.165, 1.54) is 13.8 Å². The Morgan fingerprint density at radius 3 is 2.06 bits per heavy atom. The molecule has 0 spiro atoms. The van der Waals surface area contributed by atoms with Crippen molar-refractivity contribution in [2.75, 3.05) is 0 Å². The molecule has 0 aromatic heterocycles. The van der Waals surface area contributed by atoms with Gasteiger partial charge < -0.3 is 9.84 Å². The van der Waals surface area contributed by atoms with Crippen LogP contribution in [0.3, 0.4) is 0 Å². The Morgan fingerprint density at radius 2 is 1.67 bits per heavy atom. The Morgan fingerprint density at radius 1 is 1.22 bits per heavy atom. The van der Waals surface area contributed by atoms with E-state index in [-0.39, 0.29) is 6.07 Å². The topological polar surface area (TPSA) is 46.5 Å². The first-order valence-corrected chi connectivity index (χ1v) is 4.88. The van der Waals surface area contributed by atoms with Gasteiger partial charge in [-0.1, -0.05) is 0 Å². The Kier molecular flexibility index (Phi) is 3.95. The van der Waals surface area contributed by atoms with Crippen molar-refractivity contribution in [3.8, 4) is 5.75 Å². The largest absolute Gasteiger partial charge is 0.420 e.